The Hall–Kier alpha value is -2.16. The van der Waals surface area contributed by atoms with Crippen molar-refractivity contribution in [2.24, 2.45) is 11.7 Å². The Kier molecular flexibility index (Phi) is 7.15. The van der Waals surface area contributed by atoms with Gasteiger partial charge in [0, 0.05) is 6.54 Å². The minimum Gasteiger partial charge on any atom is -0.480 e. The van der Waals surface area contributed by atoms with Crippen molar-refractivity contribution in [3.63, 3.8) is 0 Å². The number of nitrogens with two attached hydrogens (primary N) is 1. The van der Waals surface area contributed by atoms with E-state index in [1.807, 2.05) is 13.8 Å². The molecule has 0 spiro atoms. The van der Waals surface area contributed by atoms with Crippen LogP contribution in [0, 0.1) is 5.92 Å². The number of aliphatic carboxylic acids is 1. The van der Waals surface area contributed by atoms with Gasteiger partial charge in [0.2, 0.25) is 17.7 Å². The second-order valence-corrected chi connectivity index (χ2v) is 6.30. The van der Waals surface area contributed by atoms with Gasteiger partial charge in [0.05, 0.1) is 12.6 Å². The molecule has 5 N–H and O–H groups in total. The minimum atomic E-state index is -1.16. The molecule has 0 radical (unpaired) electrons. The molecule has 0 unspecified atom stereocenters. The molecular formula is C15H26N4O5. The van der Waals surface area contributed by atoms with E-state index in [9.17, 15) is 19.2 Å². The normalized spacial score (nSPS) is 19.7. The fourth-order valence-electron chi connectivity index (χ4n) is 2.42. The molecule has 3 atom stereocenters. The first-order chi connectivity index (χ1) is 11.1. The van der Waals surface area contributed by atoms with Gasteiger partial charge in [-0.3, -0.25) is 19.2 Å². The zero-order chi connectivity index (χ0) is 18.4. The van der Waals surface area contributed by atoms with E-state index in [-0.39, 0.29) is 18.4 Å². The highest BCUT2D eigenvalue weighted by molar-refractivity contribution is 5.93. The van der Waals surface area contributed by atoms with E-state index in [0.717, 1.165) is 0 Å². The van der Waals surface area contributed by atoms with Crippen molar-refractivity contribution in [2.45, 2.75) is 51.7 Å². The van der Waals surface area contributed by atoms with Gasteiger partial charge in [-0.25, -0.2) is 0 Å². The quantitative estimate of drug-likeness (QED) is 0.451. The molecule has 1 rings (SSSR count). The lowest BCUT2D eigenvalue weighted by Crippen LogP contribution is -2.53. The number of nitrogens with one attached hydrogen (secondary N) is 2. The lowest BCUT2D eigenvalue weighted by atomic mass is 10.0. The molecule has 9 nitrogen and oxygen atoms in total. The third-order valence-corrected chi connectivity index (χ3v) is 4.01. The second-order valence-electron chi connectivity index (χ2n) is 6.30. The number of likely N-dealkylation sites (tertiary alicyclic amines) is 1. The van der Waals surface area contributed by atoms with Crippen molar-refractivity contribution in [1.29, 1.82) is 0 Å². The molecule has 1 aliphatic rings. The van der Waals surface area contributed by atoms with Gasteiger partial charge in [0.25, 0.3) is 0 Å². The number of hydrogen-bond acceptors (Lipinski definition) is 5. The van der Waals surface area contributed by atoms with Gasteiger partial charge in [-0.05, 0) is 25.7 Å². The summed E-state index contributed by atoms with van der Waals surface area (Å²) in [6.07, 6.45) is 1.20. The van der Waals surface area contributed by atoms with Crippen LogP contribution in [-0.2, 0) is 19.2 Å². The summed E-state index contributed by atoms with van der Waals surface area (Å²) in [4.78, 5) is 48.3. The molecule has 3 amide bonds. The molecule has 1 saturated heterocycles. The predicted octanol–water partition coefficient (Wildman–Crippen LogP) is -1.33. The zero-order valence-corrected chi connectivity index (χ0v) is 14.2. The smallest absolute Gasteiger partial charge is 0.325 e. The SMILES string of the molecule is CC(C)[C@H](N)C(=O)N1CCC[C@H]1C(=O)NCC(=O)N[C@@H](C)C(=O)O. The highest BCUT2D eigenvalue weighted by Crippen LogP contribution is 2.19. The van der Waals surface area contributed by atoms with Crippen molar-refractivity contribution < 1.29 is 24.3 Å². The average Bonchev–Trinajstić information content (AvgIpc) is 3.00. The number of hydrogen-bond donors (Lipinski definition) is 4. The average molecular weight is 342 g/mol. The summed E-state index contributed by atoms with van der Waals surface area (Å²) in [5.41, 5.74) is 5.86. The van der Waals surface area contributed by atoms with Crippen molar-refractivity contribution in [3.05, 3.63) is 0 Å². The van der Waals surface area contributed by atoms with E-state index in [4.69, 9.17) is 10.8 Å². The van der Waals surface area contributed by atoms with Gasteiger partial charge in [-0.1, -0.05) is 13.8 Å². The number of carbonyl (C=O) groups excluding carboxylic acids is 3. The molecular weight excluding hydrogens is 316 g/mol. The highest BCUT2D eigenvalue weighted by atomic mass is 16.4. The summed E-state index contributed by atoms with van der Waals surface area (Å²) in [7, 11) is 0. The Bertz CT molecular complexity index is 508. The fraction of sp³-hybridized carbons (Fsp3) is 0.733. The van der Waals surface area contributed by atoms with Crippen LogP contribution >= 0.6 is 0 Å². The number of carboxylic acids is 1. The molecule has 136 valence electrons. The first-order valence-electron chi connectivity index (χ1n) is 8.01. The summed E-state index contributed by atoms with van der Waals surface area (Å²) in [5, 5.41) is 13.4. The standard InChI is InChI=1S/C15H26N4O5/c1-8(2)12(16)14(22)19-6-4-5-10(19)13(21)17-7-11(20)18-9(3)15(23)24/h8-10,12H,4-7,16H2,1-3H3,(H,17,21)(H,18,20)(H,23,24)/t9-,10-,12-/m0/s1. The van der Waals surface area contributed by atoms with Crippen LogP contribution < -0.4 is 16.4 Å². The Balaban J connectivity index is 2.56. The van der Waals surface area contributed by atoms with Crippen molar-refractivity contribution in [2.75, 3.05) is 13.1 Å². The van der Waals surface area contributed by atoms with Crippen LogP contribution in [0.1, 0.15) is 33.6 Å². The molecule has 0 saturated carbocycles. The molecule has 0 aliphatic carbocycles. The summed E-state index contributed by atoms with van der Waals surface area (Å²) in [5.74, 6) is -2.51. The summed E-state index contributed by atoms with van der Waals surface area (Å²) >= 11 is 0. The Labute approximate surface area is 140 Å². The number of carbonyl (C=O) groups is 4. The first-order valence-corrected chi connectivity index (χ1v) is 8.01. The molecule has 24 heavy (non-hydrogen) atoms. The fourth-order valence-corrected chi connectivity index (χ4v) is 2.42. The molecule has 0 aromatic rings. The van der Waals surface area contributed by atoms with Gasteiger partial charge in [-0.15, -0.1) is 0 Å². The molecule has 0 bridgehead atoms. The van der Waals surface area contributed by atoms with E-state index in [0.29, 0.717) is 19.4 Å². The maximum absolute atomic E-state index is 12.3. The molecule has 0 aromatic carbocycles. The highest BCUT2D eigenvalue weighted by Gasteiger charge is 2.36. The molecule has 1 aliphatic heterocycles. The number of amides is 3. The third-order valence-electron chi connectivity index (χ3n) is 4.01. The maximum Gasteiger partial charge on any atom is 0.325 e. The monoisotopic (exact) mass is 342 g/mol. The number of carboxylic acid groups (broad SMARTS) is 1. The van der Waals surface area contributed by atoms with Crippen LogP contribution in [0.5, 0.6) is 0 Å². The van der Waals surface area contributed by atoms with Gasteiger partial charge >= 0.3 is 5.97 Å². The van der Waals surface area contributed by atoms with Gasteiger partial charge < -0.3 is 26.4 Å². The Morgan fingerprint density at radius 2 is 1.88 bits per heavy atom. The van der Waals surface area contributed by atoms with Crippen LogP contribution in [-0.4, -0.2) is 64.9 Å². The minimum absolute atomic E-state index is 0.0369. The topological polar surface area (TPSA) is 142 Å². The molecule has 1 fully saturated rings. The lowest BCUT2D eigenvalue weighted by molar-refractivity contribution is -0.142. The molecule has 1 heterocycles. The van der Waals surface area contributed by atoms with Gasteiger partial charge in [0.15, 0.2) is 0 Å². The number of nitrogens with zero attached hydrogens (tertiary/aromatic N) is 1. The second kappa shape index (κ2) is 8.62. The zero-order valence-electron chi connectivity index (χ0n) is 14.2. The van der Waals surface area contributed by atoms with Crippen LogP contribution in [0.2, 0.25) is 0 Å². The summed E-state index contributed by atoms with van der Waals surface area (Å²) < 4.78 is 0. The maximum atomic E-state index is 12.3. The molecule has 0 aromatic heterocycles. The lowest BCUT2D eigenvalue weighted by Gasteiger charge is -2.28. The number of rotatable bonds is 7. The van der Waals surface area contributed by atoms with E-state index in [1.54, 1.807) is 0 Å². The van der Waals surface area contributed by atoms with E-state index in [1.165, 1.54) is 11.8 Å². The first kappa shape index (κ1) is 19.9. The Morgan fingerprint density at radius 1 is 1.25 bits per heavy atom. The van der Waals surface area contributed by atoms with E-state index < -0.39 is 35.9 Å². The van der Waals surface area contributed by atoms with E-state index >= 15 is 0 Å². The van der Waals surface area contributed by atoms with Gasteiger partial charge in [-0.2, -0.15) is 0 Å². The van der Waals surface area contributed by atoms with E-state index in [2.05, 4.69) is 10.6 Å². The summed E-state index contributed by atoms with van der Waals surface area (Å²) in [6, 6.07) is -2.35. The van der Waals surface area contributed by atoms with Crippen LogP contribution in [0.15, 0.2) is 0 Å². The predicted molar refractivity (Wildman–Crippen MR) is 85.8 cm³/mol. The van der Waals surface area contributed by atoms with Crippen LogP contribution in [0.4, 0.5) is 0 Å². The van der Waals surface area contributed by atoms with Crippen LogP contribution in [0.3, 0.4) is 0 Å². The van der Waals surface area contributed by atoms with Gasteiger partial charge in [0.1, 0.15) is 12.1 Å². The molecule has 9 heteroatoms. The van der Waals surface area contributed by atoms with Crippen molar-refractivity contribution in [1.82, 2.24) is 15.5 Å². The van der Waals surface area contributed by atoms with Crippen molar-refractivity contribution >= 4 is 23.7 Å². The third kappa shape index (κ3) is 5.19. The van der Waals surface area contributed by atoms with Crippen LogP contribution in [0.25, 0.3) is 0 Å². The Morgan fingerprint density at radius 3 is 2.42 bits per heavy atom. The largest absolute Gasteiger partial charge is 0.480 e. The summed E-state index contributed by atoms with van der Waals surface area (Å²) in [6.45, 7) is 5.11. The van der Waals surface area contributed by atoms with Crippen molar-refractivity contribution in [3.8, 4) is 0 Å².